The molecule has 0 saturated heterocycles. The first kappa shape index (κ1) is 35.0. The van der Waals surface area contributed by atoms with Gasteiger partial charge in [0.15, 0.2) is 0 Å². The lowest BCUT2D eigenvalue weighted by Gasteiger charge is -2.35. The lowest BCUT2D eigenvalue weighted by molar-refractivity contribution is -0.140. The van der Waals surface area contributed by atoms with E-state index >= 15 is 0 Å². The van der Waals surface area contributed by atoms with Gasteiger partial charge in [-0.2, -0.15) is 0 Å². The Labute approximate surface area is 288 Å². The average Bonchev–Trinajstić information content (AvgIpc) is 3.10. The number of nitrogens with zero attached hydrogens (tertiary/aromatic N) is 2. The largest absolute Gasteiger partial charge is 0.497 e. The number of benzene rings is 4. The lowest BCUT2D eigenvalue weighted by Crippen LogP contribution is -2.55. The van der Waals surface area contributed by atoms with Gasteiger partial charge in [-0.25, -0.2) is 8.42 Å². The van der Waals surface area contributed by atoms with Crippen LogP contribution in [0, 0.1) is 6.92 Å². The molecule has 2 amide bonds. The van der Waals surface area contributed by atoms with Gasteiger partial charge in [-0.3, -0.25) is 13.9 Å². The highest BCUT2D eigenvalue weighted by molar-refractivity contribution is 7.92. The second kappa shape index (κ2) is 16.2. The second-order valence-electron chi connectivity index (χ2n) is 12.2. The fourth-order valence-corrected chi connectivity index (χ4v) is 7.69. The summed E-state index contributed by atoms with van der Waals surface area (Å²) in [6.07, 6.45) is 5.26. The van der Waals surface area contributed by atoms with Gasteiger partial charge < -0.3 is 15.0 Å². The quantitative estimate of drug-likeness (QED) is 0.164. The number of aryl methyl sites for hydroxylation is 1. The SMILES string of the molecule is COc1ccc(S(=O)(=O)N(CC(=O)N(Cc2ccccc2C)C(Cc2ccccc2)C(=O)NC2CCCCC2)c2cccc(Cl)c2)cc1. The first-order valence-electron chi connectivity index (χ1n) is 16.3. The highest BCUT2D eigenvalue weighted by atomic mass is 35.5. The number of halogens is 1. The molecule has 0 spiro atoms. The second-order valence-corrected chi connectivity index (χ2v) is 14.5. The Morgan fingerprint density at radius 1 is 0.896 bits per heavy atom. The monoisotopic (exact) mass is 687 g/mol. The summed E-state index contributed by atoms with van der Waals surface area (Å²) in [6, 6.07) is 28.8. The highest BCUT2D eigenvalue weighted by Gasteiger charge is 2.35. The van der Waals surface area contributed by atoms with E-state index in [1.54, 1.807) is 30.3 Å². The maximum absolute atomic E-state index is 14.7. The summed E-state index contributed by atoms with van der Waals surface area (Å²) in [5.41, 5.74) is 2.94. The highest BCUT2D eigenvalue weighted by Crippen LogP contribution is 2.28. The molecular formula is C38H42ClN3O5S. The number of anilines is 1. The van der Waals surface area contributed by atoms with Crippen LogP contribution in [0.5, 0.6) is 5.75 Å². The van der Waals surface area contributed by atoms with E-state index in [-0.39, 0.29) is 35.5 Å². The van der Waals surface area contributed by atoms with Gasteiger partial charge in [-0.05, 0) is 78.9 Å². The summed E-state index contributed by atoms with van der Waals surface area (Å²) in [5, 5.41) is 3.56. The van der Waals surface area contributed by atoms with E-state index in [4.69, 9.17) is 16.3 Å². The molecule has 1 unspecified atom stereocenters. The summed E-state index contributed by atoms with van der Waals surface area (Å²) in [4.78, 5) is 30.5. The summed E-state index contributed by atoms with van der Waals surface area (Å²) in [5.74, 6) is -0.272. The van der Waals surface area contributed by atoms with Gasteiger partial charge in [-0.1, -0.05) is 91.5 Å². The molecule has 4 aromatic carbocycles. The molecule has 4 aromatic rings. The van der Waals surface area contributed by atoms with Crippen LogP contribution in [0.1, 0.15) is 48.8 Å². The van der Waals surface area contributed by atoms with Crippen molar-refractivity contribution in [3.05, 3.63) is 125 Å². The van der Waals surface area contributed by atoms with Crippen LogP contribution >= 0.6 is 11.6 Å². The predicted octanol–water partition coefficient (Wildman–Crippen LogP) is 6.94. The van der Waals surface area contributed by atoms with Crippen molar-refractivity contribution in [2.45, 2.75) is 69.0 Å². The number of sulfonamides is 1. The van der Waals surface area contributed by atoms with Gasteiger partial charge in [0.25, 0.3) is 10.0 Å². The maximum Gasteiger partial charge on any atom is 0.264 e. The molecular weight excluding hydrogens is 646 g/mol. The lowest BCUT2D eigenvalue weighted by atomic mass is 9.94. The maximum atomic E-state index is 14.7. The van der Waals surface area contributed by atoms with E-state index in [0.29, 0.717) is 10.8 Å². The number of hydrogen-bond donors (Lipinski definition) is 1. The van der Waals surface area contributed by atoms with Crippen molar-refractivity contribution >= 4 is 39.1 Å². The van der Waals surface area contributed by atoms with Gasteiger partial charge in [-0.15, -0.1) is 0 Å². The van der Waals surface area contributed by atoms with Crippen molar-refractivity contribution in [1.82, 2.24) is 10.2 Å². The van der Waals surface area contributed by atoms with Crippen molar-refractivity contribution in [2.24, 2.45) is 0 Å². The Balaban J connectivity index is 1.57. The van der Waals surface area contributed by atoms with E-state index in [9.17, 15) is 18.0 Å². The fraction of sp³-hybridized carbons (Fsp3) is 0.316. The van der Waals surface area contributed by atoms with Crippen molar-refractivity contribution in [1.29, 1.82) is 0 Å². The number of carbonyl (C=O) groups excluding carboxylic acids is 2. The molecule has 0 aromatic heterocycles. The molecule has 0 heterocycles. The predicted molar refractivity (Wildman–Crippen MR) is 190 cm³/mol. The zero-order valence-electron chi connectivity index (χ0n) is 27.3. The zero-order chi connectivity index (χ0) is 34.1. The normalized spacial score (nSPS) is 14.1. The van der Waals surface area contributed by atoms with Crippen molar-refractivity contribution in [3.63, 3.8) is 0 Å². The smallest absolute Gasteiger partial charge is 0.264 e. The van der Waals surface area contributed by atoms with Crippen LogP contribution in [0.2, 0.25) is 5.02 Å². The Morgan fingerprint density at radius 2 is 1.58 bits per heavy atom. The van der Waals surface area contributed by atoms with Crippen LogP contribution in [-0.2, 0) is 32.6 Å². The molecule has 0 bridgehead atoms. The molecule has 1 fully saturated rings. The molecule has 1 saturated carbocycles. The van der Waals surface area contributed by atoms with Gasteiger partial charge in [0.1, 0.15) is 18.3 Å². The topological polar surface area (TPSA) is 96.0 Å². The number of methoxy groups -OCH3 is 1. The summed E-state index contributed by atoms with van der Waals surface area (Å²) in [7, 11) is -2.76. The molecule has 1 aliphatic carbocycles. The van der Waals surface area contributed by atoms with Crippen LogP contribution in [0.4, 0.5) is 5.69 Å². The number of carbonyl (C=O) groups is 2. The average molecular weight is 688 g/mol. The van der Waals surface area contributed by atoms with Gasteiger partial charge in [0, 0.05) is 24.0 Å². The van der Waals surface area contributed by atoms with Crippen LogP contribution in [0.15, 0.2) is 108 Å². The molecule has 1 atom stereocenters. The molecule has 1 aliphatic rings. The molecule has 5 rings (SSSR count). The van der Waals surface area contributed by atoms with Gasteiger partial charge in [0.2, 0.25) is 11.8 Å². The third kappa shape index (κ3) is 8.76. The van der Waals surface area contributed by atoms with Crippen molar-refractivity contribution in [3.8, 4) is 5.75 Å². The third-order valence-corrected chi connectivity index (χ3v) is 10.9. The zero-order valence-corrected chi connectivity index (χ0v) is 28.9. The number of rotatable bonds is 13. The standard InChI is InChI=1S/C38H42ClN3O5S/c1-28-12-9-10-15-30(28)26-41(36(24-29-13-5-3-6-14-29)38(44)40-32-17-7-4-8-18-32)37(43)27-42(33-19-11-16-31(39)25-33)48(45,46)35-22-20-34(47-2)21-23-35/h3,5-6,9-16,19-23,25,32,36H,4,7-8,17-18,24,26-27H2,1-2H3,(H,40,44). The number of hydrogen-bond acceptors (Lipinski definition) is 5. The molecule has 0 aliphatic heterocycles. The van der Waals surface area contributed by atoms with E-state index in [2.05, 4.69) is 5.32 Å². The first-order valence-corrected chi connectivity index (χ1v) is 18.1. The summed E-state index contributed by atoms with van der Waals surface area (Å²) >= 11 is 6.34. The van der Waals surface area contributed by atoms with Gasteiger partial charge >= 0.3 is 0 Å². The third-order valence-electron chi connectivity index (χ3n) is 8.85. The summed E-state index contributed by atoms with van der Waals surface area (Å²) < 4.78 is 34.8. The van der Waals surface area contributed by atoms with Crippen molar-refractivity contribution < 1.29 is 22.7 Å². The minimum atomic E-state index is -4.26. The fourth-order valence-electron chi connectivity index (χ4n) is 6.10. The van der Waals surface area contributed by atoms with E-state index in [1.165, 1.54) is 30.2 Å². The minimum absolute atomic E-state index is 0.0163. The number of amides is 2. The number of ether oxygens (including phenoxy) is 1. The number of nitrogens with one attached hydrogen (secondary N) is 1. The molecule has 10 heteroatoms. The van der Waals surface area contributed by atoms with E-state index < -0.39 is 28.5 Å². The minimum Gasteiger partial charge on any atom is -0.497 e. The Bertz CT molecular complexity index is 1790. The van der Waals surface area contributed by atoms with Crippen LogP contribution in [0.25, 0.3) is 0 Å². The Morgan fingerprint density at radius 3 is 2.25 bits per heavy atom. The van der Waals surface area contributed by atoms with E-state index in [0.717, 1.165) is 53.1 Å². The summed E-state index contributed by atoms with van der Waals surface area (Å²) in [6.45, 7) is 1.52. The van der Waals surface area contributed by atoms with Gasteiger partial charge in [0.05, 0.1) is 17.7 Å². The van der Waals surface area contributed by atoms with E-state index in [1.807, 2.05) is 61.5 Å². The molecule has 0 radical (unpaired) electrons. The van der Waals surface area contributed by atoms with Crippen LogP contribution < -0.4 is 14.4 Å². The molecule has 8 nitrogen and oxygen atoms in total. The van der Waals surface area contributed by atoms with Crippen molar-refractivity contribution in [2.75, 3.05) is 18.0 Å². The Hall–Kier alpha value is -4.34. The molecule has 252 valence electrons. The molecule has 48 heavy (non-hydrogen) atoms. The van der Waals surface area contributed by atoms with Crippen LogP contribution in [-0.4, -0.2) is 50.9 Å². The molecule has 1 N–H and O–H groups in total. The Kier molecular flexibility index (Phi) is 11.8. The van der Waals surface area contributed by atoms with Crippen LogP contribution in [0.3, 0.4) is 0 Å². The first-order chi connectivity index (χ1) is 23.2.